The number of hydrogen-bond acceptors (Lipinski definition) is 1. The Bertz CT molecular complexity index is 465. The molecule has 0 saturated heterocycles. The van der Waals surface area contributed by atoms with Crippen LogP contribution in [-0.4, -0.2) is 18.8 Å². The molecule has 1 rings (SSSR count). The summed E-state index contributed by atoms with van der Waals surface area (Å²) in [5, 5.41) is 4.10. The molecule has 0 aliphatic rings. The summed E-state index contributed by atoms with van der Waals surface area (Å²) in [4.78, 5) is 11.2. The monoisotopic (exact) mass is 320 g/mol. The third kappa shape index (κ3) is 4.80. The highest BCUT2D eigenvalue weighted by Gasteiger charge is 2.27. The number of urea groups is 1. The highest BCUT2D eigenvalue weighted by atomic mass is 35.5. The maximum Gasteiger partial charge on any atom is 0.405 e. The Hall–Kier alpha value is -0.850. The van der Waals surface area contributed by atoms with Crippen molar-refractivity contribution in [1.29, 1.82) is 0 Å². The molecule has 0 bridgehead atoms. The molecular weight excluding hydrogens is 315 g/mol. The second-order valence-electron chi connectivity index (χ2n) is 3.17. The SMILES string of the molecule is O=C(NCC(F)(F)F)Nc1cc(Cl)c(Cl)cc1Cl. The van der Waals surface area contributed by atoms with Crippen molar-refractivity contribution in [3.05, 3.63) is 27.2 Å². The van der Waals surface area contributed by atoms with Gasteiger partial charge in [-0.25, -0.2) is 4.79 Å². The highest BCUT2D eigenvalue weighted by Crippen LogP contribution is 2.32. The van der Waals surface area contributed by atoms with Gasteiger partial charge in [0.15, 0.2) is 0 Å². The number of carbonyl (C=O) groups excluding carboxylic acids is 1. The number of hydrogen-bond donors (Lipinski definition) is 2. The minimum atomic E-state index is -4.49. The molecule has 1 aromatic carbocycles. The Balaban J connectivity index is 2.68. The number of amides is 2. The summed E-state index contributed by atoms with van der Waals surface area (Å²) in [6.07, 6.45) is -4.49. The van der Waals surface area contributed by atoms with Crippen molar-refractivity contribution >= 4 is 46.5 Å². The van der Waals surface area contributed by atoms with Crippen LogP contribution in [0.25, 0.3) is 0 Å². The van der Waals surface area contributed by atoms with E-state index in [1.54, 1.807) is 5.32 Å². The molecule has 0 radical (unpaired) electrons. The average molecular weight is 322 g/mol. The maximum atomic E-state index is 11.8. The Morgan fingerprint density at radius 2 is 1.67 bits per heavy atom. The number of carbonyl (C=O) groups is 1. The lowest BCUT2D eigenvalue weighted by Crippen LogP contribution is -2.36. The van der Waals surface area contributed by atoms with Gasteiger partial charge in [0.25, 0.3) is 0 Å². The molecule has 0 unspecified atom stereocenters. The van der Waals surface area contributed by atoms with Crippen LogP contribution in [0.15, 0.2) is 12.1 Å². The van der Waals surface area contributed by atoms with Gasteiger partial charge in [-0.1, -0.05) is 34.8 Å². The topological polar surface area (TPSA) is 41.1 Å². The molecule has 100 valence electrons. The average Bonchev–Trinajstić information content (AvgIpc) is 2.22. The lowest BCUT2D eigenvalue weighted by Gasteiger charge is -2.11. The predicted molar refractivity (Wildman–Crippen MR) is 64.5 cm³/mol. The molecule has 3 nitrogen and oxygen atoms in total. The van der Waals surface area contributed by atoms with Crippen molar-refractivity contribution in [3.63, 3.8) is 0 Å². The molecule has 0 fully saturated rings. The van der Waals surface area contributed by atoms with E-state index in [9.17, 15) is 18.0 Å². The number of anilines is 1. The fourth-order valence-corrected chi connectivity index (χ4v) is 1.56. The minimum absolute atomic E-state index is 0.0609. The molecule has 0 heterocycles. The van der Waals surface area contributed by atoms with Crippen molar-refractivity contribution in [2.75, 3.05) is 11.9 Å². The molecule has 0 aliphatic heterocycles. The lowest BCUT2D eigenvalue weighted by atomic mass is 10.3. The second-order valence-corrected chi connectivity index (χ2v) is 4.39. The number of halogens is 6. The zero-order chi connectivity index (χ0) is 13.9. The standard InChI is InChI=1S/C9H6Cl3F3N2O/c10-4-1-6(12)7(2-5(4)11)17-8(18)16-3-9(13,14)15/h1-2H,3H2,(H2,16,17,18). The van der Waals surface area contributed by atoms with Gasteiger partial charge in [0.2, 0.25) is 0 Å². The van der Waals surface area contributed by atoms with Gasteiger partial charge in [0, 0.05) is 0 Å². The first-order valence-corrected chi connectivity index (χ1v) is 5.58. The fourth-order valence-electron chi connectivity index (χ4n) is 0.965. The van der Waals surface area contributed by atoms with Crippen LogP contribution in [0.1, 0.15) is 0 Å². The summed E-state index contributed by atoms with van der Waals surface area (Å²) in [6.45, 7) is -1.45. The van der Waals surface area contributed by atoms with Gasteiger partial charge in [-0.05, 0) is 12.1 Å². The molecule has 0 saturated carbocycles. The Morgan fingerprint density at radius 1 is 1.11 bits per heavy atom. The summed E-state index contributed by atoms with van der Waals surface area (Å²) in [5.74, 6) is 0. The van der Waals surface area contributed by atoms with Gasteiger partial charge >= 0.3 is 12.2 Å². The van der Waals surface area contributed by atoms with Crippen LogP contribution in [0.4, 0.5) is 23.7 Å². The van der Waals surface area contributed by atoms with Gasteiger partial charge in [-0.3, -0.25) is 0 Å². The van der Waals surface area contributed by atoms with E-state index in [0.29, 0.717) is 0 Å². The first kappa shape index (κ1) is 15.2. The van der Waals surface area contributed by atoms with E-state index < -0.39 is 18.8 Å². The second kappa shape index (κ2) is 5.86. The molecule has 2 amide bonds. The molecule has 0 spiro atoms. The fraction of sp³-hybridized carbons (Fsp3) is 0.222. The third-order valence-corrected chi connectivity index (χ3v) is 2.74. The van der Waals surface area contributed by atoms with Crippen LogP contribution >= 0.6 is 34.8 Å². The van der Waals surface area contributed by atoms with E-state index in [2.05, 4.69) is 5.32 Å². The molecule has 9 heteroatoms. The first-order valence-electron chi connectivity index (χ1n) is 4.45. The van der Waals surface area contributed by atoms with Crippen molar-refractivity contribution in [2.24, 2.45) is 0 Å². The van der Waals surface area contributed by atoms with Gasteiger partial charge in [-0.15, -0.1) is 0 Å². The van der Waals surface area contributed by atoms with Gasteiger partial charge in [0.05, 0.1) is 20.8 Å². The summed E-state index contributed by atoms with van der Waals surface area (Å²) in [6, 6.07) is 1.46. The maximum absolute atomic E-state index is 11.8. The normalized spacial score (nSPS) is 11.2. The van der Waals surface area contributed by atoms with Crippen LogP contribution in [0.5, 0.6) is 0 Å². The van der Waals surface area contributed by atoms with Crippen molar-refractivity contribution in [2.45, 2.75) is 6.18 Å². The van der Waals surface area contributed by atoms with Crippen LogP contribution in [0, 0.1) is 0 Å². The molecule has 0 atom stereocenters. The molecule has 2 N–H and O–H groups in total. The molecule has 0 aromatic heterocycles. The number of alkyl halides is 3. The van der Waals surface area contributed by atoms with Gasteiger partial charge in [0.1, 0.15) is 6.54 Å². The predicted octanol–water partition coefficient (Wildman–Crippen LogP) is 4.33. The summed E-state index contributed by atoms with van der Waals surface area (Å²) in [7, 11) is 0. The zero-order valence-electron chi connectivity index (χ0n) is 8.54. The highest BCUT2D eigenvalue weighted by molar-refractivity contribution is 6.44. The van der Waals surface area contributed by atoms with Crippen molar-refractivity contribution < 1.29 is 18.0 Å². The Kier molecular flexibility index (Phi) is 4.95. The Labute approximate surface area is 115 Å². The third-order valence-electron chi connectivity index (χ3n) is 1.71. The Morgan fingerprint density at radius 3 is 2.22 bits per heavy atom. The molecule has 0 aliphatic carbocycles. The van der Waals surface area contributed by atoms with Crippen molar-refractivity contribution in [3.8, 4) is 0 Å². The smallest absolute Gasteiger partial charge is 0.329 e. The van der Waals surface area contributed by atoms with Crippen molar-refractivity contribution in [1.82, 2.24) is 5.32 Å². The molecule has 18 heavy (non-hydrogen) atoms. The van der Waals surface area contributed by atoms with E-state index in [-0.39, 0.29) is 20.8 Å². The van der Waals surface area contributed by atoms with Crippen LogP contribution in [-0.2, 0) is 0 Å². The van der Waals surface area contributed by atoms with Crippen LogP contribution in [0.3, 0.4) is 0 Å². The largest absolute Gasteiger partial charge is 0.405 e. The van der Waals surface area contributed by atoms with E-state index in [0.717, 1.165) is 0 Å². The van der Waals surface area contributed by atoms with Gasteiger partial charge < -0.3 is 10.6 Å². The zero-order valence-corrected chi connectivity index (χ0v) is 10.8. The van der Waals surface area contributed by atoms with E-state index in [1.807, 2.05) is 0 Å². The van der Waals surface area contributed by atoms with E-state index in [4.69, 9.17) is 34.8 Å². The number of rotatable bonds is 2. The minimum Gasteiger partial charge on any atom is -0.329 e. The number of nitrogens with one attached hydrogen (secondary N) is 2. The first-order chi connectivity index (χ1) is 8.19. The number of benzene rings is 1. The lowest BCUT2D eigenvalue weighted by molar-refractivity contribution is -0.122. The summed E-state index contributed by atoms with van der Waals surface area (Å²) >= 11 is 17.1. The van der Waals surface area contributed by atoms with E-state index in [1.165, 1.54) is 12.1 Å². The van der Waals surface area contributed by atoms with Gasteiger partial charge in [-0.2, -0.15) is 13.2 Å². The summed E-state index contributed by atoms with van der Waals surface area (Å²) < 4.78 is 35.5. The van der Waals surface area contributed by atoms with Crippen LogP contribution < -0.4 is 10.6 Å². The molecule has 1 aromatic rings. The van der Waals surface area contributed by atoms with Crippen LogP contribution in [0.2, 0.25) is 15.1 Å². The van der Waals surface area contributed by atoms with E-state index >= 15 is 0 Å². The summed E-state index contributed by atoms with van der Waals surface area (Å²) in [5.41, 5.74) is 0.0609. The quantitative estimate of drug-likeness (QED) is 0.782. The molecular formula is C9H6Cl3F3N2O.